The maximum Gasteiger partial charge on any atom is 0.257 e. The first-order chi connectivity index (χ1) is 14.0. The van der Waals surface area contributed by atoms with Crippen molar-refractivity contribution in [2.75, 3.05) is 7.05 Å². The largest absolute Gasteiger partial charge is 0.337 e. The van der Waals surface area contributed by atoms with E-state index in [0.29, 0.717) is 17.8 Å². The molecule has 1 amide bonds. The third kappa shape index (κ3) is 3.82. The lowest BCUT2D eigenvalue weighted by molar-refractivity contribution is 0.0785. The molecule has 6 heteroatoms. The van der Waals surface area contributed by atoms with E-state index >= 15 is 0 Å². The highest BCUT2D eigenvalue weighted by Gasteiger charge is 2.22. The van der Waals surface area contributed by atoms with E-state index in [-0.39, 0.29) is 5.91 Å². The Hall–Kier alpha value is -3.67. The molecule has 0 aliphatic heterocycles. The number of para-hydroxylation sites is 1. The van der Waals surface area contributed by atoms with Crippen molar-refractivity contribution >= 4 is 5.91 Å². The number of carbonyl (C=O) groups is 1. The Bertz CT molecular complexity index is 1130. The van der Waals surface area contributed by atoms with Crippen LogP contribution in [0.1, 0.15) is 21.6 Å². The Morgan fingerprint density at radius 3 is 2.24 bits per heavy atom. The summed E-state index contributed by atoms with van der Waals surface area (Å²) in [6.45, 7) is 2.44. The van der Waals surface area contributed by atoms with Crippen molar-refractivity contribution in [3.8, 4) is 16.9 Å². The van der Waals surface area contributed by atoms with Crippen molar-refractivity contribution in [2.45, 2.75) is 13.5 Å². The van der Waals surface area contributed by atoms with Crippen LogP contribution in [0.5, 0.6) is 0 Å². The molecular weight excluding hydrogens is 362 g/mol. The molecule has 29 heavy (non-hydrogen) atoms. The second-order valence-corrected chi connectivity index (χ2v) is 7.11. The number of carbonyl (C=O) groups excluding carboxylic acids is 1. The van der Waals surface area contributed by atoms with Crippen LogP contribution in [-0.2, 0) is 13.6 Å². The van der Waals surface area contributed by atoms with E-state index in [2.05, 4.69) is 5.10 Å². The van der Waals surface area contributed by atoms with Gasteiger partial charge in [0, 0.05) is 44.2 Å². The molecular formula is C23H23N5O. The van der Waals surface area contributed by atoms with Crippen LogP contribution in [0.4, 0.5) is 0 Å². The van der Waals surface area contributed by atoms with Gasteiger partial charge in [0.05, 0.1) is 16.9 Å². The zero-order chi connectivity index (χ0) is 20.4. The summed E-state index contributed by atoms with van der Waals surface area (Å²) >= 11 is 0. The van der Waals surface area contributed by atoms with E-state index in [4.69, 9.17) is 5.10 Å². The number of aryl methyl sites for hydroxylation is 2. The van der Waals surface area contributed by atoms with Gasteiger partial charge in [-0.3, -0.25) is 9.48 Å². The van der Waals surface area contributed by atoms with Gasteiger partial charge in [-0.15, -0.1) is 0 Å². The van der Waals surface area contributed by atoms with Crippen molar-refractivity contribution in [3.63, 3.8) is 0 Å². The summed E-state index contributed by atoms with van der Waals surface area (Å²) in [5.41, 5.74) is 5.03. The molecule has 4 rings (SSSR count). The van der Waals surface area contributed by atoms with E-state index < -0.39 is 0 Å². The van der Waals surface area contributed by atoms with Gasteiger partial charge in [-0.25, -0.2) is 4.68 Å². The zero-order valence-electron chi connectivity index (χ0n) is 16.8. The molecule has 0 radical (unpaired) electrons. The molecule has 0 bridgehead atoms. The minimum absolute atomic E-state index is 0.0747. The number of hydrogen-bond acceptors (Lipinski definition) is 3. The lowest BCUT2D eigenvalue weighted by atomic mass is 10.1. The SMILES string of the molecule is Cc1nn(C)cc1CN(C)C(=O)c1cn(-c2ccccc2)nc1-c1ccccc1. The molecule has 2 aromatic carbocycles. The van der Waals surface area contributed by atoms with Crippen molar-refractivity contribution in [3.05, 3.63) is 89.9 Å². The predicted octanol–water partition coefficient (Wildman–Crippen LogP) is 3.85. The summed E-state index contributed by atoms with van der Waals surface area (Å²) in [7, 11) is 3.69. The number of hydrogen-bond donors (Lipinski definition) is 0. The van der Waals surface area contributed by atoms with Gasteiger partial charge in [-0.05, 0) is 19.1 Å². The molecule has 0 saturated heterocycles. The number of amides is 1. The molecule has 146 valence electrons. The second kappa shape index (κ2) is 7.75. The highest BCUT2D eigenvalue weighted by Crippen LogP contribution is 2.25. The smallest absolute Gasteiger partial charge is 0.257 e. The van der Waals surface area contributed by atoms with Gasteiger partial charge in [-0.1, -0.05) is 48.5 Å². The van der Waals surface area contributed by atoms with Gasteiger partial charge in [0.1, 0.15) is 5.69 Å². The fourth-order valence-corrected chi connectivity index (χ4v) is 3.39. The Balaban J connectivity index is 1.72. The van der Waals surface area contributed by atoms with Crippen LogP contribution in [0.2, 0.25) is 0 Å². The van der Waals surface area contributed by atoms with Crippen LogP contribution in [0, 0.1) is 6.92 Å². The van der Waals surface area contributed by atoms with Crippen LogP contribution in [0.3, 0.4) is 0 Å². The van der Waals surface area contributed by atoms with Crippen molar-refractivity contribution in [2.24, 2.45) is 7.05 Å². The monoisotopic (exact) mass is 385 g/mol. The van der Waals surface area contributed by atoms with Crippen molar-refractivity contribution < 1.29 is 4.79 Å². The quantitative estimate of drug-likeness (QED) is 0.524. The maximum atomic E-state index is 13.4. The first kappa shape index (κ1) is 18.7. The lowest BCUT2D eigenvalue weighted by Gasteiger charge is -2.16. The summed E-state index contributed by atoms with van der Waals surface area (Å²) in [5.74, 6) is -0.0747. The van der Waals surface area contributed by atoms with Crippen molar-refractivity contribution in [1.82, 2.24) is 24.5 Å². The molecule has 2 heterocycles. The first-order valence-electron chi connectivity index (χ1n) is 9.48. The lowest BCUT2D eigenvalue weighted by Crippen LogP contribution is -2.26. The van der Waals surface area contributed by atoms with E-state index in [9.17, 15) is 4.79 Å². The van der Waals surface area contributed by atoms with Gasteiger partial charge in [0.15, 0.2) is 0 Å². The number of rotatable bonds is 5. The molecule has 0 unspecified atom stereocenters. The van der Waals surface area contributed by atoms with Gasteiger partial charge < -0.3 is 4.90 Å². The van der Waals surface area contributed by atoms with E-state index in [1.807, 2.05) is 94.1 Å². The van der Waals surface area contributed by atoms with Crippen LogP contribution in [-0.4, -0.2) is 37.4 Å². The summed E-state index contributed by atoms with van der Waals surface area (Å²) in [4.78, 5) is 15.1. The van der Waals surface area contributed by atoms with Gasteiger partial charge in [-0.2, -0.15) is 10.2 Å². The Morgan fingerprint density at radius 1 is 0.966 bits per heavy atom. The molecule has 0 N–H and O–H groups in total. The molecule has 6 nitrogen and oxygen atoms in total. The average molecular weight is 385 g/mol. The first-order valence-corrected chi connectivity index (χ1v) is 9.48. The Morgan fingerprint density at radius 2 is 1.62 bits per heavy atom. The number of nitrogens with zero attached hydrogens (tertiary/aromatic N) is 5. The number of benzene rings is 2. The van der Waals surface area contributed by atoms with E-state index in [0.717, 1.165) is 22.5 Å². The summed E-state index contributed by atoms with van der Waals surface area (Å²) in [6, 6.07) is 19.6. The molecule has 0 saturated carbocycles. The molecule has 0 atom stereocenters. The fraction of sp³-hybridized carbons (Fsp3) is 0.174. The summed E-state index contributed by atoms with van der Waals surface area (Å²) in [5, 5.41) is 9.10. The highest BCUT2D eigenvalue weighted by atomic mass is 16.2. The second-order valence-electron chi connectivity index (χ2n) is 7.11. The molecule has 0 aliphatic carbocycles. The molecule has 0 spiro atoms. The standard InChI is InChI=1S/C23H23N5O/c1-17-19(15-27(3)24-17)14-26(2)23(29)21-16-28(20-12-8-5-9-13-20)25-22(21)18-10-6-4-7-11-18/h4-13,15-16H,14H2,1-3H3. The topological polar surface area (TPSA) is 56.0 Å². The average Bonchev–Trinajstić information content (AvgIpc) is 3.32. The fourth-order valence-electron chi connectivity index (χ4n) is 3.39. The zero-order valence-corrected chi connectivity index (χ0v) is 16.8. The van der Waals surface area contributed by atoms with Gasteiger partial charge >= 0.3 is 0 Å². The van der Waals surface area contributed by atoms with Crippen LogP contribution >= 0.6 is 0 Å². The molecule has 0 fully saturated rings. The molecule has 0 aliphatic rings. The molecule has 2 aromatic heterocycles. The van der Waals surface area contributed by atoms with Gasteiger partial charge in [0.2, 0.25) is 0 Å². The van der Waals surface area contributed by atoms with E-state index in [1.165, 1.54) is 0 Å². The van der Waals surface area contributed by atoms with E-state index in [1.54, 1.807) is 14.3 Å². The predicted molar refractivity (Wildman–Crippen MR) is 113 cm³/mol. The minimum Gasteiger partial charge on any atom is -0.337 e. The third-order valence-electron chi connectivity index (χ3n) is 4.88. The Kier molecular flexibility index (Phi) is 4.99. The maximum absolute atomic E-state index is 13.4. The molecule has 4 aromatic rings. The normalized spacial score (nSPS) is 10.9. The van der Waals surface area contributed by atoms with Crippen molar-refractivity contribution in [1.29, 1.82) is 0 Å². The van der Waals surface area contributed by atoms with Crippen LogP contribution < -0.4 is 0 Å². The third-order valence-corrected chi connectivity index (χ3v) is 4.88. The van der Waals surface area contributed by atoms with Gasteiger partial charge in [0.25, 0.3) is 5.91 Å². The minimum atomic E-state index is -0.0747. The van der Waals surface area contributed by atoms with Crippen LogP contribution in [0.25, 0.3) is 16.9 Å². The summed E-state index contributed by atoms with van der Waals surface area (Å²) in [6.07, 6.45) is 3.76. The highest BCUT2D eigenvalue weighted by molar-refractivity contribution is 5.99. The number of aromatic nitrogens is 4. The van der Waals surface area contributed by atoms with Crippen LogP contribution in [0.15, 0.2) is 73.1 Å². The Labute approximate surface area is 170 Å². The summed E-state index contributed by atoms with van der Waals surface area (Å²) < 4.78 is 3.53.